The lowest BCUT2D eigenvalue weighted by Crippen LogP contribution is -3.05. The molecular weight excluding hydrogens is 448 g/mol. The van der Waals surface area contributed by atoms with E-state index in [1.807, 2.05) is 21.0 Å². The molecule has 2 atom stereocenters. The van der Waals surface area contributed by atoms with Crippen molar-refractivity contribution < 1.29 is 33.9 Å². The van der Waals surface area contributed by atoms with Crippen molar-refractivity contribution in [3.8, 4) is 5.75 Å². The maximum absolute atomic E-state index is 13.7. The molecule has 2 heterocycles. The van der Waals surface area contributed by atoms with Gasteiger partial charge in [-0.25, -0.2) is 4.79 Å². The number of esters is 1. The summed E-state index contributed by atoms with van der Waals surface area (Å²) in [5, 5.41) is 13.7. The number of nitrogens with one attached hydrogen (secondary N) is 1. The third kappa shape index (κ3) is 4.79. The molecule has 0 aliphatic carbocycles. The van der Waals surface area contributed by atoms with E-state index in [-0.39, 0.29) is 11.7 Å². The molecule has 0 spiro atoms. The number of likely N-dealkylation sites (tertiary alicyclic amines) is 1. The predicted octanol–water partition coefficient (Wildman–Crippen LogP) is 0.555. The highest BCUT2D eigenvalue weighted by atomic mass is 16.5. The van der Waals surface area contributed by atoms with Gasteiger partial charge in [-0.3, -0.25) is 9.59 Å². The molecule has 4 rings (SSSR count). The molecule has 184 valence electrons. The second-order valence-corrected chi connectivity index (χ2v) is 9.35. The molecule has 0 saturated carbocycles. The standard InChI is InChI=1S/C27H30N2O6/c1-16-14-20-15-19(10-11-21(20)35-16)24(30)22-23(17-6-8-18(9-7-17)27(33)34-4)29(26(32)25(22)31)13-5-12-28(2)3/h6-11,15-16,23,30H,5,12-14H2,1-4H3. The highest BCUT2D eigenvalue weighted by molar-refractivity contribution is 6.46. The Kier molecular flexibility index (Phi) is 6.93. The number of Topliss-reactive ketones (excluding diaryl/α,β-unsaturated/α-hetero) is 1. The summed E-state index contributed by atoms with van der Waals surface area (Å²) in [5.41, 5.74) is 2.13. The SMILES string of the molecule is COC(=O)c1ccc(C2C(=C([O-])c3ccc4c(c3)CC(C)O4)C(=O)C(=O)N2CCC[NH+](C)C)cc1. The zero-order valence-corrected chi connectivity index (χ0v) is 20.4. The Hall–Kier alpha value is -3.65. The van der Waals surface area contributed by atoms with Gasteiger partial charge in [0.05, 0.1) is 39.4 Å². The molecule has 1 saturated heterocycles. The van der Waals surface area contributed by atoms with Crippen molar-refractivity contribution in [1.82, 2.24) is 4.90 Å². The van der Waals surface area contributed by atoms with Gasteiger partial charge >= 0.3 is 5.97 Å². The highest BCUT2D eigenvalue weighted by Gasteiger charge is 2.44. The fourth-order valence-electron chi connectivity index (χ4n) is 4.69. The first-order valence-corrected chi connectivity index (χ1v) is 11.7. The van der Waals surface area contributed by atoms with Gasteiger partial charge in [-0.1, -0.05) is 24.0 Å². The number of fused-ring (bicyclic) bond motifs is 1. The van der Waals surface area contributed by atoms with Crippen LogP contribution in [-0.4, -0.2) is 63.0 Å². The maximum Gasteiger partial charge on any atom is 0.337 e. The summed E-state index contributed by atoms with van der Waals surface area (Å²) in [4.78, 5) is 40.8. The summed E-state index contributed by atoms with van der Waals surface area (Å²) in [6.07, 6.45) is 1.37. The van der Waals surface area contributed by atoms with Crippen molar-refractivity contribution in [3.63, 3.8) is 0 Å². The van der Waals surface area contributed by atoms with Gasteiger partial charge in [0.1, 0.15) is 11.9 Å². The lowest BCUT2D eigenvalue weighted by Gasteiger charge is -2.28. The minimum absolute atomic E-state index is 0.0214. The van der Waals surface area contributed by atoms with Crippen LogP contribution in [0.25, 0.3) is 5.76 Å². The van der Waals surface area contributed by atoms with E-state index in [2.05, 4.69) is 0 Å². The molecule has 0 bridgehead atoms. The van der Waals surface area contributed by atoms with E-state index in [0.717, 1.165) is 17.9 Å². The Morgan fingerprint density at radius 3 is 2.49 bits per heavy atom. The highest BCUT2D eigenvalue weighted by Crippen LogP contribution is 2.40. The molecule has 1 amide bonds. The Morgan fingerprint density at radius 1 is 1.14 bits per heavy atom. The van der Waals surface area contributed by atoms with Crippen LogP contribution in [0.2, 0.25) is 0 Å². The number of methoxy groups -OCH3 is 1. The molecular formula is C27H30N2O6. The first-order valence-electron chi connectivity index (χ1n) is 11.7. The van der Waals surface area contributed by atoms with E-state index in [9.17, 15) is 19.5 Å². The molecule has 2 aliphatic rings. The smallest absolute Gasteiger partial charge is 0.337 e. The van der Waals surface area contributed by atoms with Gasteiger partial charge < -0.3 is 24.4 Å². The third-order valence-electron chi connectivity index (χ3n) is 6.41. The number of hydrogen-bond acceptors (Lipinski definition) is 6. The van der Waals surface area contributed by atoms with Crippen LogP contribution < -0.4 is 14.7 Å². The van der Waals surface area contributed by atoms with Gasteiger partial charge in [-0.15, -0.1) is 0 Å². The van der Waals surface area contributed by atoms with E-state index in [4.69, 9.17) is 9.47 Å². The lowest BCUT2D eigenvalue weighted by atomic mass is 9.94. The van der Waals surface area contributed by atoms with E-state index in [0.29, 0.717) is 36.1 Å². The number of rotatable bonds is 7. The monoisotopic (exact) mass is 478 g/mol. The van der Waals surface area contributed by atoms with Crippen molar-refractivity contribution in [1.29, 1.82) is 0 Å². The number of benzene rings is 2. The number of carbonyl (C=O) groups excluding carboxylic acids is 3. The molecule has 2 aliphatic heterocycles. The first-order chi connectivity index (χ1) is 16.7. The van der Waals surface area contributed by atoms with Crippen LogP contribution in [0, 0.1) is 0 Å². The van der Waals surface area contributed by atoms with Crippen LogP contribution >= 0.6 is 0 Å². The first kappa shape index (κ1) is 24.5. The molecule has 8 heteroatoms. The number of hydrogen-bond donors (Lipinski definition) is 1. The summed E-state index contributed by atoms with van der Waals surface area (Å²) < 4.78 is 10.5. The minimum atomic E-state index is -0.824. The van der Waals surface area contributed by atoms with Gasteiger partial charge in [0.2, 0.25) is 5.78 Å². The van der Waals surface area contributed by atoms with Crippen molar-refractivity contribution in [2.75, 3.05) is 34.3 Å². The van der Waals surface area contributed by atoms with Gasteiger partial charge in [-0.2, -0.15) is 0 Å². The second-order valence-electron chi connectivity index (χ2n) is 9.35. The van der Waals surface area contributed by atoms with Crippen LogP contribution in [0.5, 0.6) is 5.75 Å². The van der Waals surface area contributed by atoms with Gasteiger partial charge in [0.15, 0.2) is 0 Å². The van der Waals surface area contributed by atoms with Crippen molar-refractivity contribution in [2.24, 2.45) is 0 Å². The number of amides is 1. The average molecular weight is 479 g/mol. The second kappa shape index (κ2) is 9.92. The summed E-state index contributed by atoms with van der Waals surface area (Å²) in [6, 6.07) is 10.8. The predicted molar refractivity (Wildman–Crippen MR) is 127 cm³/mol. The van der Waals surface area contributed by atoms with Crippen LogP contribution in [0.4, 0.5) is 0 Å². The number of ketones is 1. The van der Waals surface area contributed by atoms with Crippen molar-refractivity contribution in [2.45, 2.75) is 31.9 Å². The quantitative estimate of drug-likeness (QED) is 0.270. The van der Waals surface area contributed by atoms with Crippen molar-refractivity contribution >= 4 is 23.4 Å². The van der Waals surface area contributed by atoms with Crippen molar-refractivity contribution in [3.05, 3.63) is 70.3 Å². The van der Waals surface area contributed by atoms with Gasteiger partial charge in [-0.05, 0) is 47.9 Å². The number of nitrogens with zero attached hydrogens (tertiary/aromatic N) is 1. The van der Waals surface area contributed by atoms with Gasteiger partial charge in [0, 0.05) is 25.0 Å². The summed E-state index contributed by atoms with van der Waals surface area (Å²) in [5.74, 6) is -1.68. The number of quaternary nitrogens is 1. The van der Waals surface area contributed by atoms with E-state index >= 15 is 0 Å². The maximum atomic E-state index is 13.7. The van der Waals surface area contributed by atoms with E-state index in [1.165, 1.54) is 16.9 Å². The summed E-state index contributed by atoms with van der Waals surface area (Å²) in [6.45, 7) is 3.10. The summed E-state index contributed by atoms with van der Waals surface area (Å²) in [7, 11) is 5.32. The Bertz CT molecular complexity index is 1180. The number of ether oxygens (including phenoxy) is 2. The molecule has 0 aromatic heterocycles. The minimum Gasteiger partial charge on any atom is -0.872 e. The molecule has 1 fully saturated rings. The lowest BCUT2D eigenvalue weighted by molar-refractivity contribution is -0.858. The van der Waals surface area contributed by atoms with Crippen LogP contribution in [-0.2, 0) is 20.7 Å². The molecule has 2 unspecified atom stereocenters. The summed E-state index contributed by atoms with van der Waals surface area (Å²) >= 11 is 0. The zero-order valence-electron chi connectivity index (χ0n) is 20.4. The van der Waals surface area contributed by atoms with Crippen LogP contribution in [0.15, 0.2) is 48.0 Å². The average Bonchev–Trinajstić information content (AvgIpc) is 3.34. The van der Waals surface area contributed by atoms with E-state index in [1.54, 1.807) is 42.5 Å². The fourth-order valence-corrected chi connectivity index (χ4v) is 4.69. The topological polar surface area (TPSA) is 100 Å². The number of carbonyl (C=O) groups is 3. The van der Waals surface area contributed by atoms with Crippen LogP contribution in [0.1, 0.15) is 46.4 Å². The zero-order chi connectivity index (χ0) is 25.3. The third-order valence-corrected chi connectivity index (χ3v) is 6.41. The largest absolute Gasteiger partial charge is 0.872 e. The fraction of sp³-hybridized carbons (Fsp3) is 0.370. The Balaban J connectivity index is 1.77. The Labute approximate surface area is 204 Å². The Morgan fingerprint density at radius 2 is 1.83 bits per heavy atom. The molecule has 35 heavy (non-hydrogen) atoms. The van der Waals surface area contributed by atoms with Gasteiger partial charge in [0.25, 0.3) is 5.91 Å². The molecule has 1 N–H and O–H groups in total. The molecule has 2 aromatic carbocycles. The van der Waals surface area contributed by atoms with E-state index < -0.39 is 29.5 Å². The van der Waals surface area contributed by atoms with Crippen LogP contribution in [0.3, 0.4) is 0 Å². The normalized spacial score (nSPS) is 20.8. The molecule has 8 nitrogen and oxygen atoms in total. The molecule has 0 radical (unpaired) electrons. The molecule has 2 aromatic rings.